The minimum Gasteiger partial charge on any atom is -0.481 e. The summed E-state index contributed by atoms with van der Waals surface area (Å²) in [4.78, 5) is 40.5. The number of benzene rings is 1. The summed E-state index contributed by atoms with van der Waals surface area (Å²) in [5, 5.41) is 9.05. The van der Waals surface area contributed by atoms with Crippen LogP contribution in [-0.2, 0) is 11.2 Å². The number of aliphatic carboxylic acids is 1. The van der Waals surface area contributed by atoms with Crippen LogP contribution in [-0.4, -0.2) is 51.7 Å². The number of nitrogens with zero attached hydrogens (tertiary/aromatic N) is 4. The molecule has 0 spiro atoms. The molecule has 3 aromatic rings. The van der Waals surface area contributed by atoms with Crippen LogP contribution >= 0.6 is 11.3 Å². The third-order valence-corrected chi connectivity index (χ3v) is 8.44. The predicted molar refractivity (Wildman–Crippen MR) is 143 cm³/mol. The van der Waals surface area contributed by atoms with Gasteiger partial charge in [-0.1, -0.05) is 12.1 Å². The SMILES string of the molecule is Cc1ncsc1CCOc1nc(C)c2c(n1)OCCN(c1ccc([C@H]3CC[C@H](CC(=O)O)CC3)cc1)C2=O. The maximum Gasteiger partial charge on any atom is 0.319 e. The second kappa shape index (κ2) is 11.5. The van der Waals surface area contributed by atoms with E-state index in [0.717, 1.165) is 41.9 Å². The minimum absolute atomic E-state index is 0.191. The molecule has 1 amide bonds. The third-order valence-electron chi connectivity index (χ3n) is 7.44. The fraction of sp³-hybridized carbons (Fsp3) is 0.464. The Morgan fingerprint density at radius 1 is 1.13 bits per heavy atom. The van der Waals surface area contributed by atoms with Crippen molar-refractivity contribution in [3.05, 3.63) is 57.2 Å². The molecule has 38 heavy (non-hydrogen) atoms. The molecule has 2 aromatic heterocycles. The van der Waals surface area contributed by atoms with Gasteiger partial charge in [0, 0.05) is 23.4 Å². The number of hydrogen-bond acceptors (Lipinski definition) is 8. The van der Waals surface area contributed by atoms with Crippen molar-refractivity contribution in [3.8, 4) is 11.9 Å². The molecular formula is C28H32N4O5S. The average Bonchev–Trinajstić information content (AvgIpc) is 3.22. The lowest BCUT2D eigenvalue weighted by atomic mass is 9.77. The molecule has 0 unspecified atom stereocenters. The van der Waals surface area contributed by atoms with E-state index in [9.17, 15) is 9.59 Å². The Morgan fingerprint density at radius 2 is 1.89 bits per heavy atom. The molecule has 0 atom stereocenters. The van der Waals surface area contributed by atoms with Gasteiger partial charge in [0.25, 0.3) is 5.91 Å². The highest BCUT2D eigenvalue weighted by molar-refractivity contribution is 7.09. The van der Waals surface area contributed by atoms with Gasteiger partial charge in [0.15, 0.2) is 0 Å². The number of ether oxygens (including phenoxy) is 2. The number of thiazole rings is 1. The molecular weight excluding hydrogens is 504 g/mol. The molecule has 5 rings (SSSR count). The Labute approximate surface area is 225 Å². The van der Waals surface area contributed by atoms with Crippen molar-refractivity contribution < 1.29 is 24.2 Å². The number of aromatic nitrogens is 3. The van der Waals surface area contributed by atoms with Crippen LogP contribution in [0.4, 0.5) is 5.69 Å². The van der Waals surface area contributed by atoms with Gasteiger partial charge in [-0.3, -0.25) is 9.59 Å². The fourth-order valence-electron chi connectivity index (χ4n) is 5.33. The lowest BCUT2D eigenvalue weighted by Gasteiger charge is -2.28. The number of carbonyl (C=O) groups excluding carboxylic acids is 1. The number of fused-ring (bicyclic) bond motifs is 1. The maximum atomic E-state index is 13.6. The maximum absolute atomic E-state index is 13.6. The third kappa shape index (κ3) is 5.80. The lowest BCUT2D eigenvalue weighted by Crippen LogP contribution is -2.32. The monoisotopic (exact) mass is 536 g/mol. The first-order valence-corrected chi connectivity index (χ1v) is 13.9. The van der Waals surface area contributed by atoms with Gasteiger partial charge in [0.05, 0.1) is 30.1 Å². The molecule has 1 N–H and O–H groups in total. The number of carboxylic acid groups (broad SMARTS) is 1. The van der Waals surface area contributed by atoms with E-state index >= 15 is 0 Å². The van der Waals surface area contributed by atoms with E-state index in [1.54, 1.807) is 23.2 Å². The molecule has 0 saturated heterocycles. The van der Waals surface area contributed by atoms with E-state index in [1.165, 1.54) is 5.56 Å². The summed E-state index contributed by atoms with van der Waals surface area (Å²) in [5.41, 5.74) is 5.73. The van der Waals surface area contributed by atoms with Crippen molar-refractivity contribution in [2.24, 2.45) is 5.92 Å². The Morgan fingerprint density at radius 3 is 2.58 bits per heavy atom. The van der Waals surface area contributed by atoms with Crippen LogP contribution in [0.25, 0.3) is 0 Å². The second-order valence-electron chi connectivity index (χ2n) is 9.94. The number of carboxylic acids is 1. The van der Waals surface area contributed by atoms with Crippen LogP contribution in [0, 0.1) is 19.8 Å². The second-order valence-corrected chi connectivity index (χ2v) is 10.9. The molecule has 1 saturated carbocycles. The molecule has 1 aliphatic heterocycles. The van der Waals surface area contributed by atoms with Gasteiger partial charge in [0.2, 0.25) is 5.88 Å². The number of anilines is 1. The van der Waals surface area contributed by atoms with E-state index in [4.69, 9.17) is 14.6 Å². The van der Waals surface area contributed by atoms with E-state index in [1.807, 2.05) is 24.6 Å². The van der Waals surface area contributed by atoms with Crippen molar-refractivity contribution >= 4 is 28.9 Å². The summed E-state index contributed by atoms with van der Waals surface area (Å²) in [6.07, 6.45) is 4.83. The summed E-state index contributed by atoms with van der Waals surface area (Å²) < 4.78 is 11.7. The van der Waals surface area contributed by atoms with Crippen LogP contribution in [0.2, 0.25) is 0 Å². The zero-order valence-electron chi connectivity index (χ0n) is 21.7. The van der Waals surface area contributed by atoms with E-state index < -0.39 is 5.97 Å². The highest BCUT2D eigenvalue weighted by Gasteiger charge is 2.30. The molecule has 1 aliphatic carbocycles. The molecule has 0 bridgehead atoms. The zero-order chi connectivity index (χ0) is 26.6. The Bertz CT molecular complexity index is 1300. The van der Waals surface area contributed by atoms with Gasteiger partial charge in [-0.05, 0) is 69.1 Å². The lowest BCUT2D eigenvalue weighted by molar-refractivity contribution is -0.138. The van der Waals surface area contributed by atoms with Gasteiger partial charge < -0.3 is 19.5 Å². The van der Waals surface area contributed by atoms with Gasteiger partial charge in [-0.15, -0.1) is 11.3 Å². The first-order chi connectivity index (χ1) is 18.4. The highest BCUT2D eigenvalue weighted by Crippen LogP contribution is 2.38. The molecule has 1 fully saturated rings. The topological polar surface area (TPSA) is 115 Å². The summed E-state index contributed by atoms with van der Waals surface area (Å²) in [6, 6.07) is 8.34. The fourth-order valence-corrected chi connectivity index (χ4v) is 6.09. The normalized spacial score (nSPS) is 19.4. The highest BCUT2D eigenvalue weighted by atomic mass is 32.1. The molecule has 2 aliphatic rings. The zero-order valence-corrected chi connectivity index (χ0v) is 22.5. The molecule has 10 heteroatoms. The molecule has 0 radical (unpaired) electrons. The molecule has 1 aromatic carbocycles. The first-order valence-electron chi connectivity index (χ1n) is 13.1. The quantitative estimate of drug-likeness (QED) is 0.430. The van der Waals surface area contributed by atoms with Gasteiger partial charge in [-0.25, -0.2) is 4.98 Å². The summed E-state index contributed by atoms with van der Waals surface area (Å²) >= 11 is 1.60. The van der Waals surface area contributed by atoms with Crippen molar-refractivity contribution in [3.63, 3.8) is 0 Å². The number of rotatable bonds is 8. The summed E-state index contributed by atoms with van der Waals surface area (Å²) in [7, 11) is 0. The van der Waals surface area contributed by atoms with Crippen LogP contribution < -0.4 is 14.4 Å². The smallest absolute Gasteiger partial charge is 0.319 e. The average molecular weight is 537 g/mol. The summed E-state index contributed by atoms with van der Waals surface area (Å²) in [6.45, 7) is 4.87. The Kier molecular flexibility index (Phi) is 7.87. The number of aryl methyl sites for hydroxylation is 2. The van der Waals surface area contributed by atoms with Crippen LogP contribution in [0.5, 0.6) is 11.9 Å². The van der Waals surface area contributed by atoms with Crippen LogP contribution in [0.15, 0.2) is 29.8 Å². The number of hydrogen-bond donors (Lipinski definition) is 1. The van der Waals surface area contributed by atoms with E-state index in [2.05, 4.69) is 27.1 Å². The van der Waals surface area contributed by atoms with Crippen molar-refractivity contribution in [2.75, 3.05) is 24.7 Å². The first kappa shape index (κ1) is 26.1. The van der Waals surface area contributed by atoms with Gasteiger partial charge in [-0.2, -0.15) is 9.97 Å². The number of amides is 1. The Balaban J connectivity index is 1.25. The van der Waals surface area contributed by atoms with Crippen molar-refractivity contribution in [2.45, 2.75) is 58.3 Å². The summed E-state index contributed by atoms with van der Waals surface area (Å²) in [5.74, 6) is 0.0491. The predicted octanol–water partition coefficient (Wildman–Crippen LogP) is 4.96. The van der Waals surface area contributed by atoms with Gasteiger partial charge in [0.1, 0.15) is 12.2 Å². The van der Waals surface area contributed by atoms with E-state index in [-0.39, 0.29) is 30.1 Å². The van der Waals surface area contributed by atoms with Crippen molar-refractivity contribution in [1.82, 2.24) is 15.0 Å². The Hall–Kier alpha value is -3.53. The minimum atomic E-state index is -0.711. The molecule has 9 nitrogen and oxygen atoms in total. The number of carbonyl (C=O) groups is 2. The standard InChI is InChI=1S/C28H32N4O5S/c1-17-23(38-16-29-17)11-13-37-28-30-18(2)25-26(31-28)36-14-12-32(27(25)35)22-9-7-21(8-10-22)20-5-3-19(4-6-20)15-24(33)34/h7-10,16,19-20H,3-6,11-15H2,1-2H3,(H,33,34)/t19-,20-. The van der Waals surface area contributed by atoms with Gasteiger partial charge >= 0.3 is 12.0 Å². The molecule has 3 heterocycles. The largest absolute Gasteiger partial charge is 0.481 e. The van der Waals surface area contributed by atoms with E-state index in [0.29, 0.717) is 43.4 Å². The van der Waals surface area contributed by atoms with Crippen LogP contribution in [0.1, 0.15) is 70.2 Å². The van der Waals surface area contributed by atoms with Crippen molar-refractivity contribution in [1.29, 1.82) is 0 Å². The van der Waals surface area contributed by atoms with Crippen LogP contribution in [0.3, 0.4) is 0 Å². The molecule has 200 valence electrons.